The minimum absolute atomic E-state index is 0.0300. The third-order valence-electron chi connectivity index (χ3n) is 4.35. The lowest BCUT2D eigenvalue weighted by Gasteiger charge is -2.31. The first-order valence-corrected chi connectivity index (χ1v) is 8.60. The van der Waals surface area contributed by atoms with Crippen LogP contribution in [0.1, 0.15) is 28.8 Å². The van der Waals surface area contributed by atoms with Crippen LogP contribution in [-0.2, 0) is 14.6 Å². The monoisotopic (exact) mass is 361 g/mol. The predicted octanol–water partition coefficient (Wildman–Crippen LogP) is 0.489. The lowest BCUT2D eigenvalue weighted by Crippen LogP contribution is -2.47. The van der Waals surface area contributed by atoms with Crippen LogP contribution in [0.4, 0.5) is 0 Å². The normalized spacial score (nSPS) is 15.4. The molecule has 0 atom stereocenters. The average molecular weight is 361 g/mol. The molecule has 26 heavy (non-hydrogen) atoms. The van der Waals surface area contributed by atoms with Crippen molar-refractivity contribution in [3.63, 3.8) is 0 Å². The van der Waals surface area contributed by atoms with Crippen molar-refractivity contribution >= 4 is 18.0 Å². The van der Waals surface area contributed by atoms with Crippen molar-refractivity contribution in [2.24, 2.45) is 10.9 Å². The predicted molar refractivity (Wildman–Crippen MR) is 96.3 cm³/mol. The molecule has 0 unspecified atom stereocenters. The standard InChI is InChI=1S/C18H25N4O4/c1-26-11-10-22(13-17(24)21-8-6-16(23)7-9-21)18(25)15-4-2-14(3-5-15)12-20-19/h2-5,12,16H,6-11,13,19H2,1H3. The van der Waals surface area contributed by atoms with Crippen molar-refractivity contribution in [2.75, 3.05) is 39.9 Å². The van der Waals surface area contributed by atoms with Crippen LogP contribution >= 0.6 is 0 Å². The first kappa shape index (κ1) is 19.9. The molecule has 1 aromatic rings. The molecule has 1 fully saturated rings. The fourth-order valence-electron chi connectivity index (χ4n) is 2.80. The highest BCUT2D eigenvalue weighted by Gasteiger charge is 2.25. The van der Waals surface area contributed by atoms with E-state index in [1.54, 1.807) is 36.3 Å². The van der Waals surface area contributed by atoms with Gasteiger partial charge in [0.1, 0.15) is 6.54 Å². The number of ether oxygens (including phenoxy) is 1. The van der Waals surface area contributed by atoms with E-state index in [4.69, 9.17) is 10.6 Å². The van der Waals surface area contributed by atoms with Crippen molar-refractivity contribution < 1.29 is 19.4 Å². The molecule has 1 aliphatic rings. The van der Waals surface area contributed by atoms with Gasteiger partial charge in [-0.15, -0.1) is 0 Å². The minimum Gasteiger partial charge on any atom is -0.383 e. The molecule has 1 heterocycles. The third kappa shape index (κ3) is 5.53. The summed E-state index contributed by atoms with van der Waals surface area (Å²) >= 11 is 0. The van der Waals surface area contributed by atoms with Crippen molar-refractivity contribution in [1.82, 2.24) is 9.80 Å². The van der Waals surface area contributed by atoms with Gasteiger partial charge in [-0.25, -0.2) is 5.11 Å². The number of carbonyl (C=O) groups is 2. The molecule has 0 bridgehead atoms. The highest BCUT2D eigenvalue weighted by Crippen LogP contribution is 2.12. The van der Waals surface area contributed by atoms with E-state index in [9.17, 15) is 14.7 Å². The molecule has 8 heteroatoms. The zero-order valence-corrected chi connectivity index (χ0v) is 15.0. The lowest BCUT2D eigenvalue weighted by atomic mass is 10.1. The zero-order chi connectivity index (χ0) is 18.9. The molecule has 1 aromatic carbocycles. The number of hydrazone groups is 1. The number of rotatable bonds is 7. The lowest BCUT2D eigenvalue weighted by molar-refractivity contribution is -0.134. The summed E-state index contributed by atoms with van der Waals surface area (Å²) in [4.78, 5) is 28.4. The Morgan fingerprint density at radius 2 is 1.96 bits per heavy atom. The van der Waals surface area contributed by atoms with Crippen molar-refractivity contribution in [1.29, 1.82) is 0 Å². The van der Waals surface area contributed by atoms with Gasteiger partial charge in [0.15, 0.2) is 0 Å². The first-order valence-electron chi connectivity index (χ1n) is 8.60. The number of nitrogens with two attached hydrogens (primary N) is 1. The highest BCUT2D eigenvalue weighted by atomic mass is 16.5. The summed E-state index contributed by atoms with van der Waals surface area (Å²) in [5, 5.41) is 14.9. The Labute approximate surface area is 153 Å². The molecule has 1 saturated heterocycles. The van der Waals surface area contributed by atoms with Gasteiger partial charge in [-0.3, -0.25) is 9.59 Å². The molecule has 2 rings (SSSR count). The third-order valence-corrected chi connectivity index (χ3v) is 4.35. The number of amides is 2. The Kier molecular flexibility index (Phi) is 7.55. The van der Waals surface area contributed by atoms with E-state index in [0.717, 1.165) is 5.56 Å². The van der Waals surface area contributed by atoms with Crippen molar-refractivity contribution in [3.8, 4) is 0 Å². The second-order valence-electron chi connectivity index (χ2n) is 6.20. The van der Waals surface area contributed by atoms with Gasteiger partial charge in [0.2, 0.25) is 5.91 Å². The number of methoxy groups -OCH3 is 1. The van der Waals surface area contributed by atoms with E-state index in [1.165, 1.54) is 11.1 Å². The highest BCUT2D eigenvalue weighted by molar-refractivity contribution is 5.97. The van der Waals surface area contributed by atoms with Crippen LogP contribution in [0, 0.1) is 0 Å². The van der Waals surface area contributed by atoms with Crippen molar-refractivity contribution in [2.45, 2.75) is 18.9 Å². The summed E-state index contributed by atoms with van der Waals surface area (Å²) in [6.07, 6.45) is 1.81. The fourth-order valence-corrected chi connectivity index (χ4v) is 2.80. The molecule has 0 aliphatic carbocycles. The Balaban J connectivity index is 2.05. The number of carbonyl (C=O) groups excluding carboxylic acids is 2. The number of hydrogen-bond donors (Lipinski definition) is 1. The summed E-state index contributed by atoms with van der Waals surface area (Å²) in [5.74, 6) is 4.72. The van der Waals surface area contributed by atoms with Gasteiger partial charge in [-0.1, -0.05) is 12.1 Å². The van der Waals surface area contributed by atoms with E-state index in [1.807, 2.05) is 0 Å². The molecular weight excluding hydrogens is 336 g/mol. The molecule has 2 N–H and O–H groups in total. The first-order chi connectivity index (χ1) is 12.5. The molecule has 1 radical (unpaired) electrons. The van der Waals surface area contributed by atoms with E-state index in [0.29, 0.717) is 44.6 Å². The maximum Gasteiger partial charge on any atom is 0.254 e. The van der Waals surface area contributed by atoms with E-state index < -0.39 is 6.10 Å². The van der Waals surface area contributed by atoms with E-state index in [2.05, 4.69) is 5.10 Å². The number of benzene rings is 1. The quantitative estimate of drug-likeness (QED) is 0.433. The summed E-state index contributed by atoms with van der Waals surface area (Å²) in [5.41, 5.74) is 1.25. The fraction of sp³-hybridized carbons (Fsp3) is 0.500. The van der Waals surface area contributed by atoms with Crippen LogP contribution in [0.3, 0.4) is 0 Å². The Morgan fingerprint density at radius 3 is 2.54 bits per heavy atom. The van der Waals surface area contributed by atoms with Crippen LogP contribution in [0.25, 0.3) is 0 Å². The van der Waals surface area contributed by atoms with Crippen LogP contribution in [0.5, 0.6) is 0 Å². The molecule has 1 aliphatic heterocycles. The maximum absolute atomic E-state index is 12.8. The number of likely N-dealkylation sites (tertiary alicyclic amines) is 1. The molecule has 141 valence electrons. The number of piperidine rings is 1. The van der Waals surface area contributed by atoms with Gasteiger partial charge in [-0.2, -0.15) is 5.10 Å². The van der Waals surface area contributed by atoms with Gasteiger partial charge in [0.05, 0.1) is 18.9 Å². The van der Waals surface area contributed by atoms with Gasteiger partial charge in [-0.05, 0) is 30.5 Å². The van der Waals surface area contributed by atoms with Gasteiger partial charge >= 0.3 is 0 Å². The minimum atomic E-state index is -0.596. The smallest absolute Gasteiger partial charge is 0.254 e. The Bertz CT molecular complexity index is 625. The summed E-state index contributed by atoms with van der Waals surface area (Å²) in [6.45, 7) is 1.52. The van der Waals surface area contributed by atoms with Gasteiger partial charge in [0.25, 0.3) is 5.91 Å². The summed E-state index contributed by atoms with van der Waals surface area (Å²) in [7, 11) is 1.55. The van der Waals surface area contributed by atoms with E-state index >= 15 is 0 Å². The van der Waals surface area contributed by atoms with Gasteiger partial charge in [0, 0.05) is 32.3 Å². The van der Waals surface area contributed by atoms with Crippen LogP contribution in [-0.4, -0.2) is 73.8 Å². The SMILES string of the molecule is COCCN(CC(=O)N1CCC([O])CC1)C(=O)c1ccc(C=NN)cc1. The second kappa shape index (κ2) is 9.88. The Hall–Kier alpha value is -2.45. The molecule has 8 nitrogen and oxygen atoms in total. The molecule has 0 aromatic heterocycles. The molecule has 0 saturated carbocycles. The second-order valence-corrected chi connectivity index (χ2v) is 6.20. The number of hydrogen-bond acceptors (Lipinski definition) is 5. The van der Waals surface area contributed by atoms with Crippen LogP contribution in [0.2, 0.25) is 0 Å². The van der Waals surface area contributed by atoms with E-state index in [-0.39, 0.29) is 18.4 Å². The number of nitrogens with zero attached hydrogens (tertiary/aromatic N) is 3. The summed E-state index contributed by atoms with van der Waals surface area (Å²) in [6, 6.07) is 6.82. The largest absolute Gasteiger partial charge is 0.383 e. The topological polar surface area (TPSA) is 108 Å². The van der Waals surface area contributed by atoms with Crippen molar-refractivity contribution in [3.05, 3.63) is 35.4 Å². The average Bonchev–Trinajstić information content (AvgIpc) is 2.66. The zero-order valence-electron chi connectivity index (χ0n) is 15.0. The van der Waals surface area contributed by atoms with Crippen LogP contribution in [0.15, 0.2) is 29.4 Å². The summed E-state index contributed by atoms with van der Waals surface area (Å²) < 4.78 is 5.06. The van der Waals surface area contributed by atoms with Gasteiger partial charge < -0.3 is 20.4 Å². The molecule has 0 spiro atoms. The Morgan fingerprint density at radius 1 is 1.31 bits per heavy atom. The van der Waals surface area contributed by atoms with Crippen LogP contribution < -0.4 is 5.84 Å². The molecule has 2 amide bonds. The molecular formula is C18H25N4O4. The maximum atomic E-state index is 12.8.